The van der Waals surface area contributed by atoms with Crippen LogP contribution >= 0.6 is 11.6 Å². The maximum absolute atomic E-state index is 12.3. The fraction of sp³-hybridized carbons (Fsp3) is 0.500. The molecule has 1 aliphatic heterocycles. The van der Waals surface area contributed by atoms with E-state index in [1.54, 1.807) is 6.07 Å². The fourth-order valence-electron chi connectivity index (χ4n) is 2.65. The van der Waals surface area contributed by atoms with Gasteiger partial charge < -0.3 is 10.0 Å². The number of carbonyl (C=O) groups excluding carboxylic acids is 1. The van der Waals surface area contributed by atoms with Crippen molar-refractivity contribution >= 4 is 17.5 Å². The summed E-state index contributed by atoms with van der Waals surface area (Å²) >= 11 is 5.83. The van der Waals surface area contributed by atoms with Crippen LogP contribution in [0.4, 0.5) is 0 Å². The molecule has 2 atom stereocenters. The van der Waals surface area contributed by atoms with Gasteiger partial charge in [-0.25, -0.2) is 0 Å². The molecular formula is C14H18ClNO2. The van der Waals surface area contributed by atoms with Crippen LogP contribution in [0, 0.1) is 11.8 Å². The third-order valence-electron chi connectivity index (χ3n) is 3.35. The summed E-state index contributed by atoms with van der Waals surface area (Å²) in [7, 11) is 0. The highest BCUT2D eigenvalue weighted by atomic mass is 35.5. The largest absolute Gasteiger partial charge is 0.506 e. The average Bonchev–Trinajstić information content (AvgIpc) is 2.30. The predicted molar refractivity (Wildman–Crippen MR) is 72.0 cm³/mol. The number of rotatable bonds is 1. The van der Waals surface area contributed by atoms with Gasteiger partial charge in [-0.2, -0.15) is 0 Å². The number of halogens is 1. The van der Waals surface area contributed by atoms with Gasteiger partial charge in [0, 0.05) is 18.7 Å². The van der Waals surface area contributed by atoms with Gasteiger partial charge in [-0.1, -0.05) is 25.4 Å². The Kier molecular flexibility index (Phi) is 3.81. The first kappa shape index (κ1) is 13.2. The maximum Gasteiger partial charge on any atom is 0.253 e. The zero-order valence-corrected chi connectivity index (χ0v) is 11.4. The Balaban J connectivity index is 2.17. The van der Waals surface area contributed by atoms with E-state index in [0.717, 1.165) is 13.1 Å². The van der Waals surface area contributed by atoms with Crippen LogP contribution in [0.3, 0.4) is 0 Å². The van der Waals surface area contributed by atoms with Crippen molar-refractivity contribution in [2.75, 3.05) is 13.1 Å². The average molecular weight is 268 g/mol. The Morgan fingerprint density at radius 3 is 2.50 bits per heavy atom. The molecule has 1 heterocycles. The number of piperidine rings is 1. The number of benzene rings is 1. The van der Waals surface area contributed by atoms with Crippen LogP contribution in [0.2, 0.25) is 5.02 Å². The van der Waals surface area contributed by atoms with Gasteiger partial charge >= 0.3 is 0 Å². The molecule has 98 valence electrons. The standard InChI is InChI=1S/C14H18ClNO2/c1-9-5-10(2)8-16(7-9)14(18)11-3-4-13(17)12(15)6-11/h3-4,6,9-10,17H,5,7-8H2,1-2H3/t9-,10-/m0/s1. The number of phenols is 1. The lowest BCUT2D eigenvalue weighted by molar-refractivity contribution is 0.0623. The van der Waals surface area contributed by atoms with Crippen LogP contribution in [0.15, 0.2) is 18.2 Å². The summed E-state index contributed by atoms with van der Waals surface area (Å²) in [6, 6.07) is 4.61. The molecule has 4 heteroatoms. The van der Waals surface area contributed by atoms with E-state index in [1.165, 1.54) is 18.6 Å². The lowest BCUT2D eigenvalue weighted by atomic mass is 9.91. The molecule has 18 heavy (non-hydrogen) atoms. The summed E-state index contributed by atoms with van der Waals surface area (Å²) < 4.78 is 0. The topological polar surface area (TPSA) is 40.5 Å². The molecule has 0 saturated carbocycles. The van der Waals surface area contributed by atoms with E-state index in [1.807, 2.05) is 4.90 Å². The normalized spacial score (nSPS) is 24.1. The van der Waals surface area contributed by atoms with Crippen LogP contribution in [0.5, 0.6) is 5.75 Å². The summed E-state index contributed by atoms with van der Waals surface area (Å²) in [6.07, 6.45) is 1.17. The van der Waals surface area contributed by atoms with E-state index >= 15 is 0 Å². The van der Waals surface area contributed by atoms with Crippen molar-refractivity contribution in [1.29, 1.82) is 0 Å². The van der Waals surface area contributed by atoms with E-state index in [-0.39, 0.29) is 16.7 Å². The molecule has 1 fully saturated rings. The van der Waals surface area contributed by atoms with Gasteiger partial charge in [0.25, 0.3) is 5.91 Å². The van der Waals surface area contributed by atoms with E-state index in [4.69, 9.17) is 11.6 Å². The Bertz CT molecular complexity index is 451. The molecule has 2 rings (SSSR count). The number of amides is 1. The van der Waals surface area contributed by atoms with Crippen LogP contribution < -0.4 is 0 Å². The number of carbonyl (C=O) groups is 1. The zero-order valence-electron chi connectivity index (χ0n) is 10.7. The highest BCUT2D eigenvalue weighted by Crippen LogP contribution is 2.26. The van der Waals surface area contributed by atoms with E-state index in [2.05, 4.69) is 13.8 Å². The molecule has 1 aliphatic rings. The van der Waals surface area contributed by atoms with Gasteiger partial charge in [0.1, 0.15) is 5.75 Å². The smallest absolute Gasteiger partial charge is 0.253 e. The van der Waals surface area contributed by atoms with E-state index < -0.39 is 0 Å². The summed E-state index contributed by atoms with van der Waals surface area (Å²) in [5, 5.41) is 9.58. The second kappa shape index (κ2) is 5.19. The van der Waals surface area contributed by atoms with Crippen molar-refractivity contribution in [2.24, 2.45) is 11.8 Å². The quantitative estimate of drug-likeness (QED) is 0.849. The first-order valence-electron chi connectivity index (χ1n) is 6.25. The molecule has 0 bridgehead atoms. The van der Waals surface area contributed by atoms with E-state index in [0.29, 0.717) is 17.4 Å². The van der Waals surface area contributed by atoms with Crippen molar-refractivity contribution in [2.45, 2.75) is 20.3 Å². The first-order valence-corrected chi connectivity index (χ1v) is 6.63. The molecule has 0 unspecified atom stereocenters. The molecule has 1 N–H and O–H groups in total. The monoisotopic (exact) mass is 267 g/mol. The Morgan fingerprint density at radius 2 is 1.94 bits per heavy atom. The van der Waals surface area contributed by atoms with Crippen molar-refractivity contribution in [3.8, 4) is 5.75 Å². The summed E-state index contributed by atoms with van der Waals surface area (Å²) in [5.74, 6) is 1.07. The third kappa shape index (κ3) is 2.78. The number of hydrogen-bond donors (Lipinski definition) is 1. The first-order chi connectivity index (χ1) is 8.47. The number of hydrogen-bond acceptors (Lipinski definition) is 2. The fourth-order valence-corrected chi connectivity index (χ4v) is 2.83. The third-order valence-corrected chi connectivity index (χ3v) is 3.65. The number of phenolic OH excluding ortho intramolecular Hbond substituents is 1. The van der Waals surface area contributed by atoms with Crippen LogP contribution in [-0.2, 0) is 0 Å². The van der Waals surface area contributed by atoms with Gasteiger partial charge in [-0.3, -0.25) is 4.79 Å². The molecular weight excluding hydrogens is 250 g/mol. The van der Waals surface area contributed by atoms with Crippen LogP contribution in [0.1, 0.15) is 30.6 Å². The molecule has 1 aromatic rings. The SMILES string of the molecule is C[C@H]1C[C@H](C)CN(C(=O)c2ccc(O)c(Cl)c2)C1. The highest BCUT2D eigenvalue weighted by Gasteiger charge is 2.26. The molecule has 0 aromatic heterocycles. The summed E-state index contributed by atoms with van der Waals surface area (Å²) in [6.45, 7) is 5.92. The number of aromatic hydroxyl groups is 1. The molecule has 3 nitrogen and oxygen atoms in total. The minimum absolute atomic E-state index is 0.00435. The van der Waals surface area contributed by atoms with Crippen LogP contribution in [0.25, 0.3) is 0 Å². The molecule has 1 aromatic carbocycles. The van der Waals surface area contributed by atoms with Crippen molar-refractivity contribution in [1.82, 2.24) is 4.90 Å². The Labute approximate surface area is 112 Å². The van der Waals surface area contributed by atoms with Gasteiger partial charge in [0.15, 0.2) is 0 Å². The minimum atomic E-state index is -0.00435. The molecule has 0 spiro atoms. The second-order valence-electron chi connectivity index (χ2n) is 5.32. The van der Waals surface area contributed by atoms with Gasteiger partial charge in [-0.05, 0) is 36.5 Å². The number of nitrogens with zero attached hydrogens (tertiary/aromatic N) is 1. The maximum atomic E-state index is 12.3. The summed E-state index contributed by atoms with van der Waals surface area (Å²) in [5.41, 5.74) is 0.541. The molecule has 1 amide bonds. The number of likely N-dealkylation sites (tertiary alicyclic amines) is 1. The highest BCUT2D eigenvalue weighted by molar-refractivity contribution is 6.32. The van der Waals surface area contributed by atoms with Crippen molar-refractivity contribution < 1.29 is 9.90 Å². The molecule has 1 saturated heterocycles. The molecule has 0 radical (unpaired) electrons. The predicted octanol–water partition coefficient (Wildman–Crippen LogP) is 3.16. The van der Waals surface area contributed by atoms with Crippen molar-refractivity contribution in [3.63, 3.8) is 0 Å². The second-order valence-corrected chi connectivity index (χ2v) is 5.73. The van der Waals surface area contributed by atoms with Gasteiger partial charge in [-0.15, -0.1) is 0 Å². The van der Waals surface area contributed by atoms with Crippen molar-refractivity contribution in [3.05, 3.63) is 28.8 Å². The summed E-state index contributed by atoms with van der Waals surface area (Å²) in [4.78, 5) is 14.2. The van der Waals surface area contributed by atoms with Crippen LogP contribution in [-0.4, -0.2) is 29.0 Å². The lowest BCUT2D eigenvalue weighted by Crippen LogP contribution is -2.42. The van der Waals surface area contributed by atoms with Gasteiger partial charge in [0.05, 0.1) is 5.02 Å². The van der Waals surface area contributed by atoms with E-state index in [9.17, 15) is 9.90 Å². The Hall–Kier alpha value is -1.22. The zero-order chi connectivity index (χ0) is 13.3. The minimum Gasteiger partial charge on any atom is -0.506 e. The molecule has 0 aliphatic carbocycles. The van der Waals surface area contributed by atoms with Gasteiger partial charge in [0.2, 0.25) is 0 Å². The lowest BCUT2D eigenvalue weighted by Gasteiger charge is -2.35. The Morgan fingerprint density at radius 1 is 1.33 bits per heavy atom.